The average Bonchev–Trinajstić information content (AvgIpc) is 2.38. The van der Waals surface area contributed by atoms with Crippen molar-refractivity contribution in [3.05, 3.63) is 58.1 Å². The number of nitrogens with one attached hydrogen (secondary N) is 1. The van der Waals surface area contributed by atoms with Gasteiger partial charge in [0.2, 0.25) is 0 Å². The number of hydrogen-bond acceptors (Lipinski definition) is 2. The molecule has 0 atom stereocenters. The van der Waals surface area contributed by atoms with Crippen LogP contribution in [0.2, 0.25) is 10.0 Å². The Kier molecular flexibility index (Phi) is 4.64. The number of methoxy groups -OCH3 is 1. The number of rotatable bonds is 3. The number of anilines is 1. The summed E-state index contributed by atoms with van der Waals surface area (Å²) in [5.41, 5.74) is 1.61. The molecule has 0 saturated heterocycles. The minimum Gasteiger partial charge on any atom is -0.496 e. The largest absolute Gasteiger partial charge is 0.496 e. The molecule has 0 bridgehead atoms. The Morgan fingerprint density at radius 2 is 1.84 bits per heavy atom. The van der Waals surface area contributed by atoms with Crippen LogP contribution in [-0.2, 0) is 0 Å². The second-order valence-corrected chi connectivity index (χ2v) is 5.09. The van der Waals surface area contributed by atoms with Crippen LogP contribution in [-0.4, -0.2) is 12.1 Å². The highest BCUT2D eigenvalue weighted by molar-refractivity contribution is 7.81. The van der Waals surface area contributed by atoms with E-state index >= 15 is 0 Å². The number of thiocarbonyl (C=S) groups is 1. The SMILES string of the molecule is COc1cc(Cl)ccc1C(=S)Nc1cccc(Cl)c1. The fourth-order valence-corrected chi connectivity index (χ4v) is 2.26. The molecule has 0 amide bonds. The Labute approximate surface area is 127 Å². The molecule has 5 heteroatoms. The lowest BCUT2D eigenvalue weighted by atomic mass is 10.2. The minimum absolute atomic E-state index is 0.552. The number of benzene rings is 2. The molecule has 0 spiro atoms. The van der Waals surface area contributed by atoms with Gasteiger partial charge in [0.1, 0.15) is 10.7 Å². The highest BCUT2D eigenvalue weighted by atomic mass is 35.5. The van der Waals surface area contributed by atoms with Gasteiger partial charge in [0.25, 0.3) is 0 Å². The van der Waals surface area contributed by atoms with Crippen LogP contribution in [0.1, 0.15) is 5.56 Å². The molecule has 2 nitrogen and oxygen atoms in total. The van der Waals surface area contributed by atoms with E-state index in [1.54, 1.807) is 31.4 Å². The van der Waals surface area contributed by atoms with Gasteiger partial charge in [-0.25, -0.2) is 0 Å². The molecule has 19 heavy (non-hydrogen) atoms. The van der Waals surface area contributed by atoms with Crippen LogP contribution in [0.15, 0.2) is 42.5 Å². The molecule has 1 N–H and O–H groups in total. The zero-order valence-corrected chi connectivity index (χ0v) is 12.4. The van der Waals surface area contributed by atoms with Crippen LogP contribution in [0, 0.1) is 0 Å². The summed E-state index contributed by atoms with van der Waals surface area (Å²) in [6.45, 7) is 0. The van der Waals surface area contributed by atoms with E-state index in [9.17, 15) is 0 Å². The predicted molar refractivity (Wildman–Crippen MR) is 84.8 cm³/mol. The first kappa shape index (κ1) is 14.1. The normalized spacial score (nSPS) is 10.1. The lowest BCUT2D eigenvalue weighted by molar-refractivity contribution is 0.414. The van der Waals surface area contributed by atoms with Crippen molar-refractivity contribution in [2.24, 2.45) is 0 Å². The van der Waals surface area contributed by atoms with Crippen LogP contribution in [0.25, 0.3) is 0 Å². The Morgan fingerprint density at radius 1 is 1.11 bits per heavy atom. The first-order valence-corrected chi connectivity index (χ1v) is 6.67. The highest BCUT2D eigenvalue weighted by Gasteiger charge is 2.09. The van der Waals surface area contributed by atoms with Gasteiger partial charge >= 0.3 is 0 Å². The molecular formula is C14H11Cl2NOS. The van der Waals surface area contributed by atoms with Crippen LogP contribution in [0.3, 0.4) is 0 Å². The summed E-state index contributed by atoms with van der Waals surface area (Å²) in [5.74, 6) is 0.632. The molecule has 0 aromatic heterocycles. The molecule has 0 unspecified atom stereocenters. The highest BCUT2D eigenvalue weighted by Crippen LogP contribution is 2.25. The Bertz CT molecular complexity index is 616. The second-order valence-electron chi connectivity index (χ2n) is 3.81. The van der Waals surface area contributed by atoms with Gasteiger partial charge in [0.15, 0.2) is 0 Å². The van der Waals surface area contributed by atoms with Crippen molar-refractivity contribution in [1.29, 1.82) is 0 Å². The Hall–Kier alpha value is -1.29. The molecule has 0 radical (unpaired) electrons. The van der Waals surface area contributed by atoms with Gasteiger partial charge < -0.3 is 10.1 Å². The summed E-state index contributed by atoms with van der Waals surface area (Å²) in [5, 5.41) is 4.37. The number of halogens is 2. The van der Waals surface area contributed by atoms with E-state index in [0.29, 0.717) is 20.8 Å². The topological polar surface area (TPSA) is 21.3 Å². The fraction of sp³-hybridized carbons (Fsp3) is 0.0714. The van der Waals surface area contributed by atoms with Gasteiger partial charge in [-0.15, -0.1) is 0 Å². The molecule has 0 heterocycles. The van der Waals surface area contributed by atoms with E-state index < -0.39 is 0 Å². The third-order valence-corrected chi connectivity index (χ3v) is 3.28. The van der Waals surface area contributed by atoms with Crippen molar-refractivity contribution >= 4 is 46.1 Å². The van der Waals surface area contributed by atoms with Crippen LogP contribution >= 0.6 is 35.4 Å². The molecular weight excluding hydrogens is 301 g/mol. The lowest BCUT2D eigenvalue weighted by Crippen LogP contribution is -2.11. The molecule has 2 aromatic carbocycles. The van der Waals surface area contributed by atoms with E-state index in [1.807, 2.05) is 18.2 Å². The quantitative estimate of drug-likeness (QED) is 0.823. The standard InChI is InChI=1S/C14H11Cl2NOS/c1-18-13-8-10(16)5-6-12(13)14(19)17-11-4-2-3-9(15)7-11/h2-8H,1H3,(H,17,19). The second kappa shape index (κ2) is 6.24. The first-order valence-electron chi connectivity index (χ1n) is 5.50. The molecule has 0 aliphatic heterocycles. The van der Waals surface area contributed by atoms with E-state index in [0.717, 1.165) is 11.3 Å². The van der Waals surface area contributed by atoms with E-state index in [4.69, 9.17) is 40.2 Å². The van der Waals surface area contributed by atoms with Crippen LogP contribution < -0.4 is 10.1 Å². The maximum absolute atomic E-state index is 5.93. The third kappa shape index (κ3) is 3.60. The minimum atomic E-state index is 0.552. The molecule has 98 valence electrons. The smallest absolute Gasteiger partial charge is 0.130 e. The maximum Gasteiger partial charge on any atom is 0.130 e. The molecule has 0 aliphatic carbocycles. The van der Waals surface area contributed by atoms with Gasteiger partial charge in [-0.3, -0.25) is 0 Å². The number of hydrogen-bond donors (Lipinski definition) is 1. The van der Waals surface area contributed by atoms with Crippen molar-refractivity contribution in [3.8, 4) is 5.75 Å². The van der Waals surface area contributed by atoms with Gasteiger partial charge in [-0.05, 0) is 36.4 Å². The van der Waals surface area contributed by atoms with Crippen molar-refractivity contribution in [1.82, 2.24) is 0 Å². The third-order valence-electron chi connectivity index (χ3n) is 2.49. The molecule has 0 fully saturated rings. The van der Waals surface area contributed by atoms with E-state index in [1.165, 1.54) is 0 Å². The summed E-state index contributed by atoms with van der Waals surface area (Å²) in [6, 6.07) is 12.7. The van der Waals surface area contributed by atoms with Gasteiger partial charge in [-0.2, -0.15) is 0 Å². The lowest BCUT2D eigenvalue weighted by Gasteiger charge is -2.12. The molecule has 2 rings (SSSR count). The summed E-state index contributed by atoms with van der Waals surface area (Å²) < 4.78 is 5.27. The fourth-order valence-electron chi connectivity index (χ4n) is 1.62. The Balaban J connectivity index is 2.25. The predicted octanol–water partition coefficient (Wildman–Crippen LogP) is 4.79. The molecule has 2 aromatic rings. The van der Waals surface area contributed by atoms with Crippen molar-refractivity contribution in [3.63, 3.8) is 0 Å². The van der Waals surface area contributed by atoms with Crippen LogP contribution in [0.4, 0.5) is 5.69 Å². The van der Waals surface area contributed by atoms with Crippen molar-refractivity contribution in [2.45, 2.75) is 0 Å². The summed E-state index contributed by atoms with van der Waals surface area (Å²) in [4.78, 5) is 0.552. The maximum atomic E-state index is 5.93. The number of ether oxygens (including phenoxy) is 1. The van der Waals surface area contributed by atoms with Crippen molar-refractivity contribution in [2.75, 3.05) is 12.4 Å². The summed E-state index contributed by atoms with van der Waals surface area (Å²) in [6.07, 6.45) is 0. The van der Waals surface area contributed by atoms with Gasteiger partial charge in [0.05, 0.1) is 12.7 Å². The first-order chi connectivity index (χ1) is 9.10. The van der Waals surface area contributed by atoms with E-state index in [2.05, 4.69) is 5.32 Å². The molecule has 0 aliphatic rings. The zero-order valence-electron chi connectivity index (χ0n) is 10.1. The summed E-state index contributed by atoms with van der Waals surface area (Å²) >= 11 is 17.2. The molecule has 0 saturated carbocycles. The van der Waals surface area contributed by atoms with Gasteiger partial charge in [0, 0.05) is 15.7 Å². The average molecular weight is 312 g/mol. The Morgan fingerprint density at radius 3 is 2.53 bits per heavy atom. The van der Waals surface area contributed by atoms with Crippen LogP contribution in [0.5, 0.6) is 5.75 Å². The van der Waals surface area contributed by atoms with E-state index in [-0.39, 0.29) is 0 Å². The van der Waals surface area contributed by atoms with Crippen molar-refractivity contribution < 1.29 is 4.74 Å². The van der Waals surface area contributed by atoms with Gasteiger partial charge in [-0.1, -0.05) is 41.5 Å². The zero-order chi connectivity index (χ0) is 13.8. The monoisotopic (exact) mass is 311 g/mol. The summed E-state index contributed by atoms with van der Waals surface area (Å²) in [7, 11) is 1.58.